The van der Waals surface area contributed by atoms with Crippen LogP contribution >= 0.6 is 11.3 Å². The first-order chi connectivity index (χ1) is 5.11. The van der Waals surface area contributed by atoms with E-state index in [1.165, 1.54) is 0 Å². The summed E-state index contributed by atoms with van der Waals surface area (Å²) in [7, 11) is 0. The minimum absolute atomic E-state index is 0.432. The fourth-order valence-corrected chi connectivity index (χ4v) is 1.68. The van der Waals surface area contributed by atoms with Gasteiger partial charge in [-0.15, -0.1) is 11.3 Å². The molecular formula is C8H13NOS. The van der Waals surface area contributed by atoms with E-state index >= 15 is 0 Å². The first-order valence-corrected chi connectivity index (χ1v) is 4.62. The van der Waals surface area contributed by atoms with E-state index in [9.17, 15) is 0 Å². The summed E-state index contributed by atoms with van der Waals surface area (Å²) >= 11 is 1.61. The number of rotatable bonds is 2. The van der Waals surface area contributed by atoms with Crippen LogP contribution in [0.2, 0.25) is 0 Å². The Morgan fingerprint density at radius 2 is 2.09 bits per heavy atom. The summed E-state index contributed by atoms with van der Waals surface area (Å²) in [6, 6.07) is 0. The van der Waals surface area contributed by atoms with Gasteiger partial charge in [0, 0.05) is 11.3 Å². The van der Waals surface area contributed by atoms with Gasteiger partial charge in [-0.3, -0.25) is 0 Å². The standard InChI is InChI=1S/C8H13NOS/c1-5(2)8-9-7(4-11-8)6(3)10/h4-6,10H,1-3H3. The molecule has 1 N–H and O–H groups in total. The number of thiazole rings is 1. The molecule has 1 aromatic rings. The van der Waals surface area contributed by atoms with Crippen molar-refractivity contribution in [2.75, 3.05) is 0 Å². The first-order valence-electron chi connectivity index (χ1n) is 3.74. The van der Waals surface area contributed by atoms with Crippen LogP contribution in [0, 0.1) is 0 Å². The Bertz CT molecular complexity index is 207. The smallest absolute Gasteiger partial charge is 0.0954 e. The summed E-state index contributed by atoms with van der Waals surface area (Å²) in [5.74, 6) is 0.465. The van der Waals surface area contributed by atoms with Crippen LogP contribution in [0.1, 0.15) is 43.5 Å². The molecule has 0 bridgehead atoms. The molecule has 0 saturated heterocycles. The van der Waals surface area contributed by atoms with Crippen LogP contribution in [0.5, 0.6) is 0 Å². The molecule has 0 amide bonds. The van der Waals surface area contributed by atoms with Crippen molar-refractivity contribution in [2.24, 2.45) is 0 Å². The van der Waals surface area contributed by atoms with Gasteiger partial charge in [-0.25, -0.2) is 4.98 Å². The van der Waals surface area contributed by atoms with E-state index in [0.29, 0.717) is 5.92 Å². The topological polar surface area (TPSA) is 33.1 Å². The molecule has 0 saturated carbocycles. The highest BCUT2D eigenvalue weighted by Gasteiger charge is 2.08. The van der Waals surface area contributed by atoms with Crippen LogP contribution in [-0.4, -0.2) is 10.1 Å². The van der Waals surface area contributed by atoms with E-state index in [1.54, 1.807) is 18.3 Å². The van der Waals surface area contributed by atoms with Gasteiger partial charge in [-0.1, -0.05) is 13.8 Å². The molecule has 1 aromatic heterocycles. The van der Waals surface area contributed by atoms with E-state index < -0.39 is 6.10 Å². The van der Waals surface area contributed by atoms with Crippen molar-refractivity contribution in [2.45, 2.75) is 32.8 Å². The Hall–Kier alpha value is -0.410. The third kappa shape index (κ3) is 2.01. The summed E-state index contributed by atoms with van der Waals surface area (Å²) in [5.41, 5.74) is 0.790. The Labute approximate surface area is 70.9 Å². The SMILES string of the molecule is CC(C)c1nc(C(C)O)cs1. The quantitative estimate of drug-likeness (QED) is 0.740. The second-order valence-corrected chi connectivity index (χ2v) is 3.83. The molecular weight excluding hydrogens is 158 g/mol. The van der Waals surface area contributed by atoms with Gasteiger partial charge in [0.15, 0.2) is 0 Å². The molecule has 0 aromatic carbocycles. The molecule has 0 fully saturated rings. The van der Waals surface area contributed by atoms with E-state index in [1.807, 2.05) is 5.38 Å². The van der Waals surface area contributed by atoms with Crippen molar-refractivity contribution in [3.63, 3.8) is 0 Å². The highest BCUT2D eigenvalue weighted by molar-refractivity contribution is 7.09. The molecule has 0 aliphatic rings. The lowest BCUT2D eigenvalue weighted by molar-refractivity contribution is 0.195. The van der Waals surface area contributed by atoms with Crippen molar-refractivity contribution >= 4 is 11.3 Å². The van der Waals surface area contributed by atoms with Crippen LogP contribution in [0.4, 0.5) is 0 Å². The van der Waals surface area contributed by atoms with Crippen LogP contribution < -0.4 is 0 Å². The molecule has 62 valence electrons. The monoisotopic (exact) mass is 171 g/mol. The van der Waals surface area contributed by atoms with E-state index in [0.717, 1.165) is 10.7 Å². The number of aliphatic hydroxyl groups excluding tert-OH is 1. The highest BCUT2D eigenvalue weighted by atomic mass is 32.1. The van der Waals surface area contributed by atoms with Gasteiger partial charge >= 0.3 is 0 Å². The van der Waals surface area contributed by atoms with Crippen LogP contribution in [0.15, 0.2) is 5.38 Å². The molecule has 0 spiro atoms. The predicted octanol–water partition coefficient (Wildman–Crippen LogP) is 2.32. The van der Waals surface area contributed by atoms with Crippen molar-refractivity contribution in [1.82, 2.24) is 4.98 Å². The fraction of sp³-hybridized carbons (Fsp3) is 0.625. The van der Waals surface area contributed by atoms with Gasteiger partial charge in [0.25, 0.3) is 0 Å². The lowest BCUT2D eigenvalue weighted by atomic mass is 10.2. The average molecular weight is 171 g/mol. The minimum Gasteiger partial charge on any atom is -0.387 e. The Morgan fingerprint density at radius 3 is 2.36 bits per heavy atom. The summed E-state index contributed by atoms with van der Waals surface area (Å²) < 4.78 is 0. The van der Waals surface area contributed by atoms with Crippen LogP contribution in [0.3, 0.4) is 0 Å². The summed E-state index contributed by atoms with van der Waals surface area (Å²) in [6.45, 7) is 5.94. The molecule has 0 aliphatic heterocycles. The maximum Gasteiger partial charge on any atom is 0.0954 e. The third-order valence-electron chi connectivity index (χ3n) is 1.46. The third-order valence-corrected chi connectivity index (χ3v) is 2.63. The zero-order chi connectivity index (χ0) is 8.43. The van der Waals surface area contributed by atoms with E-state index in [4.69, 9.17) is 5.11 Å². The molecule has 11 heavy (non-hydrogen) atoms. The fourth-order valence-electron chi connectivity index (χ4n) is 0.758. The predicted molar refractivity (Wildman–Crippen MR) is 46.8 cm³/mol. The first kappa shape index (κ1) is 8.68. The van der Waals surface area contributed by atoms with Gasteiger partial charge in [-0.2, -0.15) is 0 Å². The zero-order valence-corrected chi connectivity index (χ0v) is 7.85. The van der Waals surface area contributed by atoms with Crippen LogP contribution in [0.25, 0.3) is 0 Å². The molecule has 1 heterocycles. The largest absolute Gasteiger partial charge is 0.387 e. The number of hydrogen-bond donors (Lipinski definition) is 1. The summed E-state index contributed by atoms with van der Waals surface area (Å²) in [5, 5.41) is 12.2. The number of aromatic nitrogens is 1. The molecule has 1 atom stereocenters. The number of aliphatic hydroxyl groups is 1. The molecule has 1 unspecified atom stereocenters. The highest BCUT2D eigenvalue weighted by Crippen LogP contribution is 2.22. The minimum atomic E-state index is -0.432. The zero-order valence-electron chi connectivity index (χ0n) is 7.03. The summed E-state index contributed by atoms with van der Waals surface area (Å²) in [4.78, 5) is 4.28. The van der Waals surface area contributed by atoms with Crippen molar-refractivity contribution in [3.8, 4) is 0 Å². The van der Waals surface area contributed by atoms with Gasteiger partial charge in [0.1, 0.15) is 0 Å². The average Bonchev–Trinajstić information content (AvgIpc) is 2.33. The molecule has 3 heteroatoms. The van der Waals surface area contributed by atoms with Crippen LogP contribution in [-0.2, 0) is 0 Å². The Kier molecular flexibility index (Phi) is 2.62. The lowest BCUT2D eigenvalue weighted by Gasteiger charge is -1.98. The maximum absolute atomic E-state index is 9.16. The molecule has 2 nitrogen and oxygen atoms in total. The van der Waals surface area contributed by atoms with Crippen molar-refractivity contribution in [1.29, 1.82) is 0 Å². The lowest BCUT2D eigenvalue weighted by Crippen LogP contribution is -1.92. The van der Waals surface area contributed by atoms with E-state index in [-0.39, 0.29) is 0 Å². The maximum atomic E-state index is 9.16. The molecule has 1 rings (SSSR count). The second-order valence-electron chi connectivity index (χ2n) is 2.94. The van der Waals surface area contributed by atoms with E-state index in [2.05, 4.69) is 18.8 Å². The Balaban J connectivity index is 2.82. The summed E-state index contributed by atoms with van der Waals surface area (Å²) in [6.07, 6.45) is -0.432. The number of nitrogens with zero attached hydrogens (tertiary/aromatic N) is 1. The van der Waals surface area contributed by atoms with Crippen molar-refractivity contribution in [3.05, 3.63) is 16.1 Å². The van der Waals surface area contributed by atoms with Gasteiger partial charge < -0.3 is 5.11 Å². The normalized spacial score (nSPS) is 13.9. The van der Waals surface area contributed by atoms with Gasteiger partial charge in [-0.05, 0) is 6.92 Å². The van der Waals surface area contributed by atoms with Crippen molar-refractivity contribution < 1.29 is 5.11 Å². The molecule has 0 aliphatic carbocycles. The second kappa shape index (κ2) is 3.32. The van der Waals surface area contributed by atoms with Gasteiger partial charge in [0.2, 0.25) is 0 Å². The molecule has 0 radical (unpaired) electrons. The number of hydrogen-bond acceptors (Lipinski definition) is 3. The van der Waals surface area contributed by atoms with Gasteiger partial charge in [0.05, 0.1) is 16.8 Å². The Morgan fingerprint density at radius 1 is 1.45 bits per heavy atom.